The predicted molar refractivity (Wildman–Crippen MR) is 218 cm³/mol. The molecule has 10 aromatic rings. The lowest BCUT2D eigenvalue weighted by Gasteiger charge is -2.27. The van der Waals surface area contributed by atoms with E-state index in [9.17, 15) is 0 Å². The molecule has 0 aliphatic rings. The summed E-state index contributed by atoms with van der Waals surface area (Å²) in [5, 5.41) is 4.84. The number of hydrogen-bond acceptors (Lipinski definition) is 3. The first-order chi connectivity index (χ1) is 25.3. The Balaban J connectivity index is 1.20. The van der Waals surface area contributed by atoms with Gasteiger partial charge in [0.05, 0.1) is 0 Å². The van der Waals surface area contributed by atoms with Gasteiger partial charge in [-0.1, -0.05) is 140 Å². The largest absolute Gasteiger partial charge is 0.455 e. The Labute approximate surface area is 300 Å². The third-order valence-electron chi connectivity index (χ3n) is 9.89. The van der Waals surface area contributed by atoms with E-state index < -0.39 is 0 Å². The number of para-hydroxylation sites is 2. The van der Waals surface area contributed by atoms with Crippen molar-refractivity contribution in [3.63, 3.8) is 0 Å². The minimum absolute atomic E-state index is 0.897. The summed E-state index contributed by atoms with van der Waals surface area (Å²) in [5.74, 6) is 0. The lowest BCUT2D eigenvalue weighted by atomic mass is 9.92. The van der Waals surface area contributed by atoms with E-state index >= 15 is 0 Å². The van der Waals surface area contributed by atoms with Crippen LogP contribution in [0.4, 0.5) is 17.1 Å². The minimum Gasteiger partial charge on any atom is -0.455 e. The van der Waals surface area contributed by atoms with Crippen molar-refractivity contribution in [2.45, 2.75) is 0 Å². The minimum atomic E-state index is 0.897. The molecular formula is C48H31NOS. The summed E-state index contributed by atoms with van der Waals surface area (Å²) >= 11 is 1.85. The zero-order valence-corrected chi connectivity index (χ0v) is 28.5. The maximum absolute atomic E-state index is 6.62. The molecule has 0 fully saturated rings. The fourth-order valence-corrected chi connectivity index (χ4v) is 8.60. The summed E-state index contributed by atoms with van der Waals surface area (Å²) in [6.45, 7) is 0. The van der Waals surface area contributed by atoms with Crippen LogP contribution in [0.5, 0.6) is 0 Å². The summed E-state index contributed by atoms with van der Waals surface area (Å²) in [4.78, 5) is 2.38. The second kappa shape index (κ2) is 12.2. The van der Waals surface area contributed by atoms with E-state index in [4.69, 9.17) is 4.42 Å². The second-order valence-corrected chi connectivity index (χ2v) is 14.0. The Kier molecular flexibility index (Phi) is 7.04. The zero-order valence-electron chi connectivity index (χ0n) is 27.7. The zero-order chi connectivity index (χ0) is 33.7. The Hall–Kier alpha value is -6.42. The van der Waals surface area contributed by atoms with Crippen LogP contribution < -0.4 is 4.90 Å². The van der Waals surface area contributed by atoms with Crippen LogP contribution in [0.25, 0.3) is 75.5 Å². The van der Waals surface area contributed by atoms with Crippen LogP contribution in [-0.2, 0) is 0 Å². The van der Waals surface area contributed by atoms with E-state index in [1.54, 1.807) is 0 Å². The van der Waals surface area contributed by atoms with Crippen LogP contribution in [0.3, 0.4) is 0 Å². The van der Waals surface area contributed by atoms with Crippen molar-refractivity contribution >= 4 is 70.5 Å². The molecular weight excluding hydrogens is 639 g/mol. The van der Waals surface area contributed by atoms with Crippen LogP contribution >= 0.6 is 11.3 Å². The first-order valence-electron chi connectivity index (χ1n) is 17.3. The predicted octanol–water partition coefficient (Wildman–Crippen LogP) is 14.4. The van der Waals surface area contributed by atoms with Gasteiger partial charge in [0.2, 0.25) is 0 Å². The molecule has 0 N–H and O–H groups in total. The third-order valence-corrected chi connectivity index (χ3v) is 11.0. The maximum Gasteiger partial charge on any atom is 0.143 e. The normalized spacial score (nSPS) is 11.5. The number of rotatable bonds is 6. The number of thiophene rings is 1. The molecule has 0 spiro atoms. The number of hydrogen-bond donors (Lipinski definition) is 0. The molecule has 10 rings (SSSR count). The highest BCUT2D eigenvalue weighted by atomic mass is 32.1. The molecule has 240 valence electrons. The molecule has 0 atom stereocenters. The first kappa shape index (κ1) is 29.5. The van der Waals surface area contributed by atoms with E-state index in [0.717, 1.165) is 61.3 Å². The molecule has 51 heavy (non-hydrogen) atoms. The standard InChI is InChI=1S/C48H31NOS/c1-3-12-32(13-4-1)33-22-24-35(25-23-33)49(37-27-29-41-40-17-8-10-21-46(40)51-47(41)31-37)36-26-28-38(34-14-5-2-6-15-34)44(30-36)43-19-11-18-42-39-16-7-9-20-45(39)50-48(42)43/h1-31H. The van der Waals surface area contributed by atoms with Gasteiger partial charge in [-0.05, 0) is 76.3 Å². The van der Waals surface area contributed by atoms with Gasteiger partial charge in [0.25, 0.3) is 0 Å². The van der Waals surface area contributed by atoms with Gasteiger partial charge in [0.1, 0.15) is 11.2 Å². The van der Waals surface area contributed by atoms with Crippen LogP contribution in [0.1, 0.15) is 0 Å². The molecule has 0 amide bonds. The number of benzene rings is 8. The molecule has 2 aromatic heterocycles. The van der Waals surface area contributed by atoms with Crippen LogP contribution in [0.15, 0.2) is 192 Å². The van der Waals surface area contributed by atoms with Gasteiger partial charge in [0.15, 0.2) is 0 Å². The summed E-state index contributed by atoms with van der Waals surface area (Å²) in [7, 11) is 0. The molecule has 0 unspecified atom stereocenters. The van der Waals surface area contributed by atoms with Gasteiger partial charge >= 0.3 is 0 Å². The van der Waals surface area contributed by atoms with Gasteiger partial charge in [-0.2, -0.15) is 0 Å². The van der Waals surface area contributed by atoms with Crippen LogP contribution in [0, 0.1) is 0 Å². The Morgan fingerprint density at radius 2 is 0.961 bits per heavy atom. The van der Waals surface area contributed by atoms with E-state index in [2.05, 4.69) is 187 Å². The fourth-order valence-electron chi connectivity index (χ4n) is 7.46. The lowest BCUT2D eigenvalue weighted by Crippen LogP contribution is -2.10. The highest BCUT2D eigenvalue weighted by Crippen LogP contribution is 2.45. The number of fused-ring (bicyclic) bond motifs is 6. The Bertz CT molecular complexity index is 2850. The lowest BCUT2D eigenvalue weighted by molar-refractivity contribution is 0.670. The SMILES string of the molecule is c1ccc(-c2ccc(N(c3ccc(-c4ccccc4)c(-c4cccc5c4oc4ccccc45)c3)c3ccc4c(c3)sc3ccccc34)cc2)cc1. The van der Waals surface area contributed by atoms with E-state index in [1.807, 2.05) is 17.4 Å². The third kappa shape index (κ3) is 5.10. The van der Waals surface area contributed by atoms with E-state index in [-0.39, 0.29) is 0 Å². The number of anilines is 3. The Morgan fingerprint density at radius 1 is 0.353 bits per heavy atom. The molecule has 8 aromatic carbocycles. The average molecular weight is 670 g/mol. The Morgan fingerprint density at radius 3 is 1.78 bits per heavy atom. The molecule has 2 nitrogen and oxygen atoms in total. The van der Waals surface area contributed by atoms with Crippen LogP contribution in [-0.4, -0.2) is 0 Å². The van der Waals surface area contributed by atoms with Crippen molar-refractivity contribution in [3.05, 3.63) is 188 Å². The monoisotopic (exact) mass is 669 g/mol. The molecule has 0 aliphatic heterocycles. The smallest absolute Gasteiger partial charge is 0.143 e. The van der Waals surface area contributed by atoms with E-state index in [1.165, 1.54) is 31.3 Å². The quantitative estimate of drug-likeness (QED) is 0.175. The highest BCUT2D eigenvalue weighted by Gasteiger charge is 2.20. The van der Waals surface area contributed by atoms with Gasteiger partial charge in [0, 0.05) is 53.6 Å². The molecule has 2 heterocycles. The maximum atomic E-state index is 6.62. The van der Waals surface area contributed by atoms with E-state index in [0.29, 0.717) is 0 Å². The molecule has 0 saturated heterocycles. The summed E-state index contributed by atoms with van der Waals surface area (Å²) in [6, 6.07) is 67.4. The van der Waals surface area contributed by atoms with Gasteiger partial charge < -0.3 is 9.32 Å². The molecule has 3 heteroatoms. The van der Waals surface area contributed by atoms with Crippen molar-refractivity contribution in [2.24, 2.45) is 0 Å². The van der Waals surface area contributed by atoms with Crippen molar-refractivity contribution in [3.8, 4) is 33.4 Å². The molecule has 0 bridgehead atoms. The number of nitrogens with zero attached hydrogens (tertiary/aromatic N) is 1. The van der Waals surface area contributed by atoms with Gasteiger partial charge in [-0.25, -0.2) is 0 Å². The van der Waals surface area contributed by atoms with Crippen LogP contribution in [0.2, 0.25) is 0 Å². The van der Waals surface area contributed by atoms with Crippen molar-refractivity contribution in [1.29, 1.82) is 0 Å². The molecule has 0 saturated carbocycles. The molecule has 0 aliphatic carbocycles. The van der Waals surface area contributed by atoms with Crippen molar-refractivity contribution in [2.75, 3.05) is 4.90 Å². The van der Waals surface area contributed by atoms with Crippen molar-refractivity contribution < 1.29 is 4.42 Å². The fraction of sp³-hybridized carbons (Fsp3) is 0. The second-order valence-electron chi connectivity index (χ2n) is 12.9. The van der Waals surface area contributed by atoms with Crippen molar-refractivity contribution in [1.82, 2.24) is 0 Å². The topological polar surface area (TPSA) is 16.4 Å². The highest BCUT2D eigenvalue weighted by molar-refractivity contribution is 7.25. The molecule has 0 radical (unpaired) electrons. The first-order valence-corrected chi connectivity index (χ1v) is 18.1. The number of furan rings is 1. The van der Waals surface area contributed by atoms with Gasteiger partial charge in [-0.3, -0.25) is 0 Å². The van der Waals surface area contributed by atoms with Gasteiger partial charge in [-0.15, -0.1) is 11.3 Å². The average Bonchev–Trinajstić information content (AvgIpc) is 3.77. The summed E-state index contributed by atoms with van der Waals surface area (Å²) in [6.07, 6.45) is 0. The summed E-state index contributed by atoms with van der Waals surface area (Å²) < 4.78 is 9.19. The summed E-state index contributed by atoms with van der Waals surface area (Å²) in [5.41, 5.74) is 12.0.